The van der Waals surface area contributed by atoms with Crippen LogP contribution in [0.15, 0.2) is 103 Å². The minimum Gasteiger partial charge on any atom is -0.489 e. The average Bonchev–Trinajstić information content (AvgIpc) is 3.02. The zero-order valence-electron chi connectivity index (χ0n) is 22.8. The van der Waals surface area contributed by atoms with Crippen molar-refractivity contribution in [3.8, 4) is 11.5 Å². The fourth-order valence-electron chi connectivity index (χ4n) is 5.45. The molecule has 2 unspecified atom stereocenters. The number of esters is 1. The Morgan fingerprint density at radius 1 is 0.750 bits per heavy atom. The Morgan fingerprint density at radius 2 is 1.45 bits per heavy atom. The lowest BCUT2D eigenvalue weighted by Crippen LogP contribution is -2.20. The van der Waals surface area contributed by atoms with Crippen LogP contribution in [-0.2, 0) is 27.4 Å². The molecule has 4 aromatic rings. The van der Waals surface area contributed by atoms with Gasteiger partial charge in [0.05, 0.1) is 13.5 Å². The maximum absolute atomic E-state index is 12.1. The molecule has 0 heterocycles. The van der Waals surface area contributed by atoms with E-state index in [2.05, 4.69) is 77.5 Å². The van der Waals surface area contributed by atoms with Gasteiger partial charge in [0, 0.05) is 12.3 Å². The van der Waals surface area contributed by atoms with Gasteiger partial charge in [-0.25, -0.2) is 0 Å². The zero-order chi connectivity index (χ0) is 27.7. The number of fused-ring (bicyclic) bond motifs is 1. The molecular weight excluding hydrogens is 500 g/mol. The lowest BCUT2D eigenvalue weighted by molar-refractivity contribution is -0.142. The van der Waals surface area contributed by atoms with E-state index in [9.17, 15) is 9.59 Å². The Kier molecular flexibility index (Phi) is 8.92. The maximum Gasteiger partial charge on any atom is 0.305 e. The number of aryl methyl sites for hydroxylation is 1. The number of carbonyl (C=O) groups is 2. The summed E-state index contributed by atoms with van der Waals surface area (Å²) >= 11 is 0. The van der Waals surface area contributed by atoms with E-state index in [4.69, 9.17) is 9.47 Å². The minimum atomic E-state index is -0.395. The van der Waals surface area contributed by atoms with Crippen molar-refractivity contribution in [1.82, 2.24) is 0 Å². The van der Waals surface area contributed by atoms with Crippen molar-refractivity contribution in [2.24, 2.45) is 0 Å². The molecule has 5 rings (SSSR count). The molecule has 0 fully saturated rings. The standard InChI is InChI=1S/C35H34O5/c1-38-34(37)21-15-29(36)24-40-30-16-12-27(13-17-30)35-32(26-10-6-3-7-11-26)19-14-28-22-31(18-20-33(28)35)39-23-25-8-4-2-5-9-25/h2-13,16-18,20,22,32,35H,14-15,19,21,23-24H2,1H3. The third-order valence-corrected chi connectivity index (χ3v) is 7.53. The van der Waals surface area contributed by atoms with Crippen LogP contribution in [0.3, 0.4) is 0 Å². The third-order valence-electron chi connectivity index (χ3n) is 7.53. The summed E-state index contributed by atoms with van der Waals surface area (Å²) in [4.78, 5) is 23.4. The summed E-state index contributed by atoms with van der Waals surface area (Å²) in [5.41, 5.74) is 6.32. The summed E-state index contributed by atoms with van der Waals surface area (Å²) in [6.45, 7) is 0.476. The van der Waals surface area contributed by atoms with Gasteiger partial charge >= 0.3 is 5.97 Å². The lowest BCUT2D eigenvalue weighted by atomic mass is 9.69. The molecule has 0 amide bonds. The molecule has 0 spiro atoms. The number of methoxy groups -OCH3 is 1. The van der Waals surface area contributed by atoms with E-state index >= 15 is 0 Å². The van der Waals surface area contributed by atoms with E-state index in [1.807, 2.05) is 30.3 Å². The summed E-state index contributed by atoms with van der Waals surface area (Å²) in [6, 6.07) is 35.5. The molecular formula is C35H34O5. The second-order valence-corrected chi connectivity index (χ2v) is 10.1. The van der Waals surface area contributed by atoms with Crippen LogP contribution in [-0.4, -0.2) is 25.5 Å². The van der Waals surface area contributed by atoms with Gasteiger partial charge in [-0.2, -0.15) is 0 Å². The largest absolute Gasteiger partial charge is 0.489 e. The molecule has 0 aromatic heterocycles. The molecule has 0 saturated heterocycles. The van der Waals surface area contributed by atoms with Crippen molar-refractivity contribution in [3.05, 3.63) is 131 Å². The Bertz CT molecular complexity index is 1410. The Hall–Kier alpha value is -4.38. The smallest absolute Gasteiger partial charge is 0.305 e. The molecule has 204 valence electrons. The molecule has 0 saturated carbocycles. The molecule has 4 aromatic carbocycles. The number of benzene rings is 4. The van der Waals surface area contributed by atoms with E-state index < -0.39 is 5.97 Å². The molecule has 0 bridgehead atoms. The SMILES string of the molecule is COC(=O)CCC(=O)COc1ccc(C2c3ccc(OCc4ccccc4)cc3CCC2c2ccccc2)cc1. The Balaban J connectivity index is 1.34. The summed E-state index contributed by atoms with van der Waals surface area (Å²) in [7, 11) is 1.32. The van der Waals surface area contributed by atoms with E-state index in [1.54, 1.807) is 0 Å². The number of hydrogen-bond acceptors (Lipinski definition) is 5. The van der Waals surface area contributed by atoms with Crippen LogP contribution in [0.5, 0.6) is 11.5 Å². The fraction of sp³-hybridized carbons (Fsp3) is 0.257. The first-order valence-corrected chi connectivity index (χ1v) is 13.8. The first kappa shape index (κ1) is 27.2. The first-order valence-electron chi connectivity index (χ1n) is 13.8. The Morgan fingerprint density at radius 3 is 2.17 bits per heavy atom. The topological polar surface area (TPSA) is 61.8 Å². The van der Waals surface area contributed by atoms with Crippen LogP contribution in [0.4, 0.5) is 0 Å². The van der Waals surface area contributed by atoms with Crippen LogP contribution in [0.2, 0.25) is 0 Å². The highest BCUT2D eigenvalue weighted by molar-refractivity contribution is 5.84. The second kappa shape index (κ2) is 13.1. The highest BCUT2D eigenvalue weighted by Crippen LogP contribution is 2.47. The van der Waals surface area contributed by atoms with Crippen molar-refractivity contribution in [3.63, 3.8) is 0 Å². The molecule has 40 heavy (non-hydrogen) atoms. The number of Topliss-reactive ketones (excluding diaryl/α,β-unsaturated/α-hetero) is 1. The summed E-state index contributed by atoms with van der Waals surface area (Å²) < 4.78 is 16.5. The van der Waals surface area contributed by atoms with Crippen LogP contribution in [0, 0.1) is 0 Å². The van der Waals surface area contributed by atoms with Crippen LogP contribution < -0.4 is 9.47 Å². The lowest BCUT2D eigenvalue weighted by Gasteiger charge is -2.35. The van der Waals surface area contributed by atoms with Crippen LogP contribution in [0.25, 0.3) is 0 Å². The third kappa shape index (κ3) is 6.78. The second-order valence-electron chi connectivity index (χ2n) is 10.1. The minimum absolute atomic E-state index is 0.0681. The number of ether oxygens (including phenoxy) is 3. The van der Waals surface area contributed by atoms with Gasteiger partial charge in [0.2, 0.25) is 0 Å². The molecule has 1 aliphatic carbocycles. The highest BCUT2D eigenvalue weighted by Gasteiger charge is 2.32. The molecule has 0 N–H and O–H groups in total. The van der Waals surface area contributed by atoms with Crippen LogP contribution >= 0.6 is 0 Å². The average molecular weight is 535 g/mol. The Labute approximate surface area is 235 Å². The number of hydrogen-bond donors (Lipinski definition) is 0. The van der Waals surface area contributed by atoms with Gasteiger partial charge in [-0.3, -0.25) is 9.59 Å². The van der Waals surface area contributed by atoms with Gasteiger partial charge in [-0.05, 0) is 70.8 Å². The number of ketones is 1. The fourth-order valence-corrected chi connectivity index (χ4v) is 5.45. The summed E-state index contributed by atoms with van der Waals surface area (Å²) in [5, 5.41) is 0. The molecule has 0 radical (unpaired) electrons. The van der Waals surface area contributed by atoms with Crippen molar-refractivity contribution < 1.29 is 23.8 Å². The summed E-state index contributed by atoms with van der Waals surface area (Å²) in [6.07, 6.45) is 2.21. The predicted octanol–water partition coefficient (Wildman–Crippen LogP) is 7.03. The molecule has 2 atom stereocenters. The molecule has 1 aliphatic rings. The molecule has 5 nitrogen and oxygen atoms in total. The normalized spacial score (nSPS) is 16.0. The van der Waals surface area contributed by atoms with Crippen molar-refractivity contribution in [2.75, 3.05) is 13.7 Å². The van der Waals surface area contributed by atoms with Crippen molar-refractivity contribution in [2.45, 2.75) is 44.1 Å². The first-order chi connectivity index (χ1) is 19.6. The van der Waals surface area contributed by atoms with Crippen molar-refractivity contribution in [1.29, 1.82) is 0 Å². The number of rotatable bonds is 11. The number of carbonyl (C=O) groups excluding carboxylic acids is 2. The monoisotopic (exact) mass is 534 g/mol. The quantitative estimate of drug-likeness (QED) is 0.193. The summed E-state index contributed by atoms with van der Waals surface area (Å²) in [5.74, 6) is 1.52. The van der Waals surface area contributed by atoms with E-state index in [0.29, 0.717) is 18.3 Å². The van der Waals surface area contributed by atoms with Gasteiger partial charge in [0.25, 0.3) is 0 Å². The van der Waals surface area contributed by atoms with E-state index in [-0.39, 0.29) is 31.1 Å². The predicted molar refractivity (Wildman–Crippen MR) is 155 cm³/mol. The molecule has 5 heteroatoms. The highest BCUT2D eigenvalue weighted by atomic mass is 16.5. The van der Waals surface area contributed by atoms with Gasteiger partial charge < -0.3 is 14.2 Å². The van der Waals surface area contributed by atoms with Gasteiger partial charge in [0.1, 0.15) is 24.7 Å². The molecule has 0 aliphatic heterocycles. The van der Waals surface area contributed by atoms with Gasteiger partial charge in [-0.1, -0.05) is 78.9 Å². The van der Waals surface area contributed by atoms with Gasteiger partial charge in [-0.15, -0.1) is 0 Å². The van der Waals surface area contributed by atoms with E-state index in [0.717, 1.165) is 24.2 Å². The zero-order valence-corrected chi connectivity index (χ0v) is 22.8. The van der Waals surface area contributed by atoms with E-state index in [1.165, 1.54) is 29.4 Å². The van der Waals surface area contributed by atoms with Gasteiger partial charge in [0.15, 0.2) is 5.78 Å². The van der Waals surface area contributed by atoms with Crippen molar-refractivity contribution >= 4 is 11.8 Å². The van der Waals surface area contributed by atoms with Crippen LogP contribution in [0.1, 0.15) is 58.9 Å². The maximum atomic E-state index is 12.1.